The van der Waals surface area contributed by atoms with Crippen LogP contribution in [0.5, 0.6) is 0 Å². The molecular formula is C18H25NO3. The van der Waals surface area contributed by atoms with Crippen molar-refractivity contribution in [3.63, 3.8) is 0 Å². The van der Waals surface area contributed by atoms with Crippen LogP contribution in [0.1, 0.15) is 51.2 Å². The quantitative estimate of drug-likeness (QED) is 0.819. The zero-order chi connectivity index (χ0) is 16.1. The van der Waals surface area contributed by atoms with Gasteiger partial charge in [-0.2, -0.15) is 0 Å². The summed E-state index contributed by atoms with van der Waals surface area (Å²) in [5.41, 5.74) is 3.45. The molecule has 1 aromatic carbocycles. The van der Waals surface area contributed by atoms with Crippen molar-refractivity contribution >= 4 is 17.6 Å². The van der Waals surface area contributed by atoms with Crippen LogP contribution in [0.3, 0.4) is 0 Å². The summed E-state index contributed by atoms with van der Waals surface area (Å²) in [6.07, 6.45) is 3.72. The van der Waals surface area contributed by atoms with Gasteiger partial charge in [0.05, 0.1) is 0 Å². The van der Waals surface area contributed by atoms with Gasteiger partial charge in [0.15, 0.2) is 6.10 Å². The first-order chi connectivity index (χ1) is 10.5. The predicted octanol–water partition coefficient (Wildman–Crippen LogP) is 3.48. The predicted molar refractivity (Wildman–Crippen MR) is 86.7 cm³/mol. The van der Waals surface area contributed by atoms with Gasteiger partial charge in [0.1, 0.15) is 0 Å². The van der Waals surface area contributed by atoms with Crippen molar-refractivity contribution in [3.8, 4) is 0 Å². The van der Waals surface area contributed by atoms with E-state index >= 15 is 0 Å². The van der Waals surface area contributed by atoms with Gasteiger partial charge < -0.3 is 10.1 Å². The molecule has 1 aromatic rings. The third-order valence-electron chi connectivity index (χ3n) is 3.97. The van der Waals surface area contributed by atoms with Crippen molar-refractivity contribution in [1.29, 1.82) is 0 Å². The van der Waals surface area contributed by atoms with E-state index < -0.39 is 6.10 Å². The summed E-state index contributed by atoms with van der Waals surface area (Å²) in [6.45, 7) is 5.71. The van der Waals surface area contributed by atoms with Crippen LogP contribution in [-0.4, -0.2) is 18.0 Å². The zero-order valence-electron chi connectivity index (χ0n) is 13.6. The second-order valence-corrected chi connectivity index (χ2v) is 6.39. The Bertz CT molecular complexity index is 551. The molecule has 1 N–H and O–H groups in total. The number of carbonyl (C=O) groups excluding carboxylic acids is 2. The number of carbonyl (C=O) groups is 2. The Balaban J connectivity index is 1.84. The molecule has 1 aliphatic rings. The molecular weight excluding hydrogens is 278 g/mol. The molecule has 1 atom stereocenters. The van der Waals surface area contributed by atoms with Crippen LogP contribution < -0.4 is 5.32 Å². The topological polar surface area (TPSA) is 55.4 Å². The Morgan fingerprint density at radius 2 is 1.91 bits per heavy atom. The van der Waals surface area contributed by atoms with Gasteiger partial charge in [-0.05, 0) is 61.8 Å². The number of nitrogens with one attached hydrogen (secondary N) is 1. The highest BCUT2D eigenvalue weighted by molar-refractivity contribution is 5.95. The average Bonchev–Trinajstić information content (AvgIpc) is 2.92. The van der Waals surface area contributed by atoms with Crippen molar-refractivity contribution in [1.82, 2.24) is 0 Å². The second-order valence-electron chi connectivity index (χ2n) is 6.39. The van der Waals surface area contributed by atoms with Gasteiger partial charge in [-0.3, -0.25) is 9.59 Å². The molecule has 4 heteroatoms. The molecule has 0 saturated carbocycles. The highest BCUT2D eigenvalue weighted by Crippen LogP contribution is 2.25. The molecule has 0 bridgehead atoms. The highest BCUT2D eigenvalue weighted by atomic mass is 16.5. The van der Waals surface area contributed by atoms with E-state index in [0.717, 1.165) is 24.9 Å². The zero-order valence-corrected chi connectivity index (χ0v) is 13.6. The first-order valence-corrected chi connectivity index (χ1v) is 8.08. The van der Waals surface area contributed by atoms with Gasteiger partial charge in [0.2, 0.25) is 0 Å². The van der Waals surface area contributed by atoms with Crippen LogP contribution in [0.25, 0.3) is 0 Å². The summed E-state index contributed by atoms with van der Waals surface area (Å²) >= 11 is 0. The van der Waals surface area contributed by atoms with Crippen LogP contribution in [0.15, 0.2) is 18.2 Å². The highest BCUT2D eigenvalue weighted by Gasteiger charge is 2.19. The van der Waals surface area contributed by atoms with Gasteiger partial charge in [0, 0.05) is 12.1 Å². The number of anilines is 1. The molecule has 120 valence electrons. The fraction of sp³-hybridized carbons (Fsp3) is 0.556. The van der Waals surface area contributed by atoms with E-state index in [1.807, 2.05) is 12.1 Å². The van der Waals surface area contributed by atoms with Crippen LogP contribution in [0, 0.1) is 5.92 Å². The summed E-state index contributed by atoms with van der Waals surface area (Å²) in [4.78, 5) is 23.8. The molecule has 1 aliphatic carbocycles. The molecule has 0 aliphatic heterocycles. The Kier molecular flexibility index (Phi) is 5.58. The lowest BCUT2D eigenvalue weighted by atomic mass is 10.1. The number of rotatable bonds is 6. The van der Waals surface area contributed by atoms with E-state index in [-0.39, 0.29) is 11.9 Å². The summed E-state index contributed by atoms with van der Waals surface area (Å²) in [6, 6.07) is 6.00. The van der Waals surface area contributed by atoms with Crippen LogP contribution in [0.4, 0.5) is 5.69 Å². The van der Waals surface area contributed by atoms with Crippen molar-refractivity contribution in [3.05, 3.63) is 29.3 Å². The number of ether oxygens (including phenoxy) is 1. The molecule has 0 radical (unpaired) electrons. The minimum Gasteiger partial charge on any atom is -0.453 e. The minimum absolute atomic E-state index is 0.282. The SMILES string of the molecule is CC(C)CCC(=O)O[C@@H](C)C(=O)Nc1ccc2c(c1)CCC2. The number of amides is 1. The number of esters is 1. The molecule has 2 rings (SSSR count). The van der Waals surface area contributed by atoms with E-state index in [9.17, 15) is 9.59 Å². The number of fused-ring (bicyclic) bond motifs is 1. The number of benzene rings is 1. The minimum atomic E-state index is -0.770. The molecule has 0 aromatic heterocycles. The molecule has 22 heavy (non-hydrogen) atoms. The Hall–Kier alpha value is -1.84. The first kappa shape index (κ1) is 16.5. The number of hydrogen-bond acceptors (Lipinski definition) is 3. The molecule has 0 unspecified atom stereocenters. The Morgan fingerprint density at radius 1 is 1.18 bits per heavy atom. The van der Waals surface area contributed by atoms with Crippen LogP contribution in [-0.2, 0) is 27.2 Å². The monoisotopic (exact) mass is 303 g/mol. The molecule has 4 nitrogen and oxygen atoms in total. The molecule has 0 spiro atoms. The Labute approximate surface area is 132 Å². The largest absolute Gasteiger partial charge is 0.453 e. The van der Waals surface area contributed by atoms with Crippen molar-refractivity contribution in [2.45, 2.75) is 59.0 Å². The van der Waals surface area contributed by atoms with Crippen LogP contribution in [0.2, 0.25) is 0 Å². The average molecular weight is 303 g/mol. The van der Waals surface area contributed by atoms with Gasteiger partial charge in [-0.15, -0.1) is 0 Å². The lowest BCUT2D eigenvalue weighted by Gasteiger charge is -2.14. The van der Waals surface area contributed by atoms with Gasteiger partial charge in [0.25, 0.3) is 5.91 Å². The van der Waals surface area contributed by atoms with E-state index in [0.29, 0.717) is 12.3 Å². The lowest BCUT2D eigenvalue weighted by molar-refractivity contribution is -0.153. The second kappa shape index (κ2) is 7.43. The first-order valence-electron chi connectivity index (χ1n) is 8.08. The molecule has 0 fully saturated rings. The lowest BCUT2D eigenvalue weighted by Crippen LogP contribution is -2.30. The van der Waals surface area contributed by atoms with Gasteiger partial charge in [-0.1, -0.05) is 19.9 Å². The normalized spacial score (nSPS) is 14.5. The molecule has 0 saturated heterocycles. The maximum Gasteiger partial charge on any atom is 0.306 e. The fourth-order valence-electron chi connectivity index (χ4n) is 2.61. The van der Waals surface area contributed by atoms with Crippen LogP contribution >= 0.6 is 0 Å². The van der Waals surface area contributed by atoms with E-state index in [4.69, 9.17) is 4.74 Å². The third kappa shape index (κ3) is 4.58. The molecule has 0 heterocycles. The maximum absolute atomic E-state index is 12.1. The van der Waals surface area contributed by atoms with Gasteiger partial charge >= 0.3 is 5.97 Å². The smallest absolute Gasteiger partial charge is 0.306 e. The summed E-state index contributed by atoms with van der Waals surface area (Å²) in [7, 11) is 0. The summed E-state index contributed by atoms with van der Waals surface area (Å²) in [5.74, 6) is -0.149. The number of aryl methyl sites for hydroxylation is 2. The number of hydrogen-bond donors (Lipinski definition) is 1. The maximum atomic E-state index is 12.1. The van der Waals surface area contributed by atoms with Crippen molar-refractivity contribution in [2.75, 3.05) is 5.32 Å². The van der Waals surface area contributed by atoms with Gasteiger partial charge in [-0.25, -0.2) is 0 Å². The Morgan fingerprint density at radius 3 is 2.64 bits per heavy atom. The van der Waals surface area contributed by atoms with Crippen molar-refractivity contribution in [2.24, 2.45) is 5.92 Å². The standard InChI is InChI=1S/C18H25NO3/c1-12(2)7-10-17(20)22-13(3)18(21)19-16-9-8-14-5-4-6-15(14)11-16/h8-9,11-13H,4-7,10H2,1-3H3,(H,19,21)/t13-/m0/s1. The third-order valence-corrected chi connectivity index (χ3v) is 3.97. The van der Waals surface area contributed by atoms with E-state index in [1.54, 1.807) is 6.92 Å². The van der Waals surface area contributed by atoms with E-state index in [1.165, 1.54) is 17.5 Å². The fourth-order valence-corrected chi connectivity index (χ4v) is 2.61. The summed E-state index contributed by atoms with van der Waals surface area (Å²) in [5, 5.41) is 2.83. The van der Waals surface area contributed by atoms with E-state index in [2.05, 4.69) is 25.2 Å². The summed E-state index contributed by atoms with van der Waals surface area (Å²) < 4.78 is 5.18. The van der Waals surface area contributed by atoms with Crippen molar-refractivity contribution < 1.29 is 14.3 Å². The molecule has 1 amide bonds.